The molecule has 0 aromatic rings. The zero-order valence-electron chi connectivity index (χ0n) is 18.5. The molecule has 3 aliphatic carbocycles. The summed E-state index contributed by atoms with van der Waals surface area (Å²) in [5.74, 6) is 2.58. The van der Waals surface area contributed by atoms with Gasteiger partial charge in [0.15, 0.2) is 0 Å². The number of carbonyl (C=O) groups is 1. The van der Waals surface area contributed by atoms with Gasteiger partial charge in [0, 0.05) is 10.8 Å². The molecule has 156 valence electrons. The van der Waals surface area contributed by atoms with E-state index in [-0.39, 0.29) is 10.8 Å². The van der Waals surface area contributed by atoms with Gasteiger partial charge in [-0.2, -0.15) is 0 Å². The fourth-order valence-electron chi connectivity index (χ4n) is 6.83. The van der Waals surface area contributed by atoms with E-state index in [1.165, 1.54) is 122 Å². The predicted molar refractivity (Wildman–Crippen MR) is 116 cm³/mol. The Morgan fingerprint density at radius 1 is 0.667 bits per heavy atom. The van der Waals surface area contributed by atoms with Gasteiger partial charge in [0.1, 0.15) is 5.78 Å². The highest BCUT2D eigenvalue weighted by atomic mass is 16.1. The Morgan fingerprint density at radius 3 is 1.41 bits per heavy atom. The molecule has 0 aliphatic heterocycles. The van der Waals surface area contributed by atoms with Crippen LogP contribution in [0.3, 0.4) is 0 Å². The second-order valence-corrected chi connectivity index (χ2v) is 10.7. The van der Waals surface area contributed by atoms with E-state index >= 15 is 0 Å². The topological polar surface area (TPSA) is 17.1 Å². The Kier molecular flexibility index (Phi) is 7.86. The fraction of sp³-hybridized carbons (Fsp3) is 0.962. The molecule has 3 saturated carbocycles. The molecule has 0 aromatic carbocycles. The van der Waals surface area contributed by atoms with Crippen LogP contribution in [0.25, 0.3) is 0 Å². The highest BCUT2D eigenvalue weighted by Crippen LogP contribution is 2.64. The molecule has 3 fully saturated rings. The van der Waals surface area contributed by atoms with Gasteiger partial charge in [-0.05, 0) is 69.6 Å². The zero-order chi connectivity index (χ0) is 19.2. The van der Waals surface area contributed by atoms with E-state index in [1.807, 2.05) is 0 Å². The lowest BCUT2D eigenvalue weighted by atomic mass is 9.43. The first-order valence-corrected chi connectivity index (χ1v) is 12.7. The van der Waals surface area contributed by atoms with Crippen molar-refractivity contribution in [3.8, 4) is 0 Å². The molecule has 0 unspecified atom stereocenters. The Labute approximate surface area is 169 Å². The van der Waals surface area contributed by atoms with E-state index in [0.717, 1.165) is 17.6 Å². The van der Waals surface area contributed by atoms with Crippen LogP contribution in [-0.4, -0.2) is 5.78 Å². The molecule has 0 amide bonds. The molecule has 3 rings (SSSR count). The standard InChI is InChI=1S/C26H46O/c1-3-5-7-9-11-22-13-17-25(18-14-22)21-26(24(25)27)19-15-23(16-20-26)12-10-8-6-4-2/h22-23H,3-21H2,1-2H3/t22?,23?,25-,26-. The number of hydrogen-bond acceptors (Lipinski definition) is 1. The number of ketones is 1. The third kappa shape index (κ3) is 4.99. The molecule has 0 heterocycles. The fourth-order valence-corrected chi connectivity index (χ4v) is 6.83. The molecule has 1 nitrogen and oxygen atoms in total. The highest BCUT2D eigenvalue weighted by molar-refractivity contribution is 5.96. The molecule has 0 aromatic heterocycles. The maximum Gasteiger partial charge on any atom is 0.145 e. The lowest BCUT2D eigenvalue weighted by molar-refractivity contribution is -0.169. The summed E-state index contributed by atoms with van der Waals surface area (Å²) in [5.41, 5.74) is 0.293. The molecular formula is C26H46O. The van der Waals surface area contributed by atoms with Gasteiger partial charge in [0.25, 0.3) is 0 Å². The Morgan fingerprint density at radius 2 is 1.07 bits per heavy atom. The van der Waals surface area contributed by atoms with Crippen molar-refractivity contribution < 1.29 is 4.79 Å². The summed E-state index contributed by atoms with van der Waals surface area (Å²) in [6.07, 6.45) is 25.5. The van der Waals surface area contributed by atoms with Gasteiger partial charge < -0.3 is 0 Å². The summed E-state index contributed by atoms with van der Waals surface area (Å²) in [4.78, 5) is 13.3. The highest BCUT2D eigenvalue weighted by Gasteiger charge is 2.62. The second kappa shape index (κ2) is 9.93. The van der Waals surface area contributed by atoms with Crippen molar-refractivity contribution >= 4 is 5.78 Å². The van der Waals surface area contributed by atoms with E-state index in [0.29, 0.717) is 0 Å². The SMILES string of the molecule is CCCCCCC1CC[C@]2(CC1)C[C@@]1(CCC(CCCCCC)CC1)C2=O. The van der Waals surface area contributed by atoms with Gasteiger partial charge in [-0.3, -0.25) is 4.79 Å². The Bertz CT molecular complexity index is 409. The van der Waals surface area contributed by atoms with Crippen molar-refractivity contribution in [1.29, 1.82) is 0 Å². The van der Waals surface area contributed by atoms with Crippen LogP contribution >= 0.6 is 0 Å². The van der Waals surface area contributed by atoms with Crippen LogP contribution in [0, 0.1) is 22.7 Å². The molecular weight excluding hydrogens is 328 g/mol. The van der Waals surface area contributed by atoms with Crippen molar-refractivity contribution in [3.05, 3.63) is 0 Å². The van der Waals surface area contributed by atoms with Gasteiger partial charge >= 0.3 is 0 Å². The summed E-state index contributed by atoms with van der Waals surface area (Å²) < 4.78 is 0. The third-order valence-electron chi connectivity index (χ3n) is 8.70. The lowest BCUT2D eigenvalue weighted by Crippen LogP contribution is -2.59. The van der Waals surface area contributed by atoms with Crippen molar-refractivity contribution in [2.75, 3.05) is 0 Å². The molecule has 27 heavy (non-hydrogen) atoms. The van der Waals surface area contributed by atoms with Crippen molar-refractivity contribution in [2.24, 2.45) is 22.7 Å². The van der Waals surface area contributed by atoms with E-state index in [1.54, 1.807) is 0 Å². The summed E-state index contributed by atoms with van der Waals surface area (Å²) in [7, 11) is 0. The Hall–Kier alpha value is -0.330. The first-order valence-electron chi connectivity index (χ1n) is 12.7. The number of unbranched alkanes of at least 4 members (excludes halogenated alkanes) is 6. The molecule has 0 bridgehead atoms. The smallest absolute Gasteiger partial charge is 0.145 e. The van der Waals surface area contributed by atoms with Crippen LogP contribution in [0.4, 0.5) is 0 Å². The quantitative estimate of drug-likeness (QED) is 0.352. The molecule has 0 radical (unpaired) electrons. The van der Waals surface area contributed by atoms with Crippen LogP contribution in [0.5, 0.6) is 0 Å². The maximum atomic E-state index is 13.3. The van der Waals surface area contributed by atoms with Crippen LogP contribution in [0.2, 0.25) is 0 Å². The summed E-state index contributed by atoms with van der Waals surface area (Å²) in [6.45, 7) is 4.59. The first kappa shape index (κ1) is 21.4. The molecule has 1 heteroatoms. The number of Topliss-reactive ketones (excluding diaryl/α,β-unsaturated/α-hetero) is 1. The molecule has 0 N–H and O–H groups in total. The van der Waals surface area contributed by atoms with Gasteiger partial charge in [-0.15, -0.1) is 0 Å². The number of hydrogen-bond donors (Lipinski definition) is 0. The first-order chi connectivity index (χ1) is 13.1. The summed E-state index contributed by atoms with van der Waals surface area (Å²) in [6, 6.07) is 0. The van der Waals surface area contributed by atoms with E-state index in [9.17, 15) is 4.79 Å². The van der Waals surface area contributed by atoms with E-state index < -0.39 is 0 Å². The number of rotatable bonds is 10. The zero-order valence-corrected chi connectivity index (χ0v) is 18.5. The van der Waals surface area contributed by atoms with Crippen molar-refractivity contribution in [1.82, 2.24) is 0 Å². The summed E-state index contributed by atoms with van der Waals surface area (Å²) >= 11 is 0. The van der Waals surface area contributed by atoms with Gasteiger partial charge in [-0.1, -0.05) is 78.1 Å². The lowest BCUT2D eigenvalue weighted by Gasteiger charge is -2.59. The number of carbonyl (C=O) groups excluding carboxylic acids is 1. The average molecular weight is 375 g/mol. The van der Waals surface area contributed by atoms with Gasteiger partial charge in [-0.25, -0.2) is 0 Å². The third-order valence-corrected chi connectivity index (χ3v) is 8.70. The van der Waals surface area contributed by atoms with Crippen LogP contribution in [0.15, 0.2) is 0 Å². The van der Waals surface area contributed by atoms with Crippen LogP contribution in [0.1, 0.15) is 136 Å². The maximum absolute atomic E-state index is 13.3. The minimum absolute atomic E-state index is 0.147. The monoisotopic (exact) mass is 374 g/mol. The molecule has 0 atom stereocenters. The summed E-state index contributed by atoms with van der Waals surface area (Å²) in [5, 5.41) is 0. The second-order valence-electron chi connectivity index (χ2n) is 10.7. The van der Waals surface area contributed by atoms with Crippen molar-refractivity contribution in [2.45, 2.75) is 136 Å². The average Bonchev–Trinajstić information content (AvgIpc) is 2.71. The molecule has 3 aliphatic rings. The normalized spacial score (nSPS) is 36.3. The largest absolute Gasteiger partial charge is 0.298 e. The van der Waals surface area contributed by atoms with Gasteiger partial charge in [0.2, 0.25) is 0 Å². The predicted octanol–water partition coefficient (Wildman–Crippen LogP) is 8.25. The Balaban J connectivity index is 1.37. The minimum atomic E-state index is 0.147. The van der Waals surface area contributed by atoms with E-state index in [2.05, 4.69) is 13.8 Å². The van der Waals surface area contributed by atoms with Gasteiger partial charge in [0.05, 0.1) is 0 Å². The van der Waals surface area contributed by atoms with Crippen LogP contribution < -0.4 is 0 Å². The van der Waals surface area contributed by atoms with Crippen molar-refractivity contribution in [3.63, 3.8) is 0 Å². The van der Waals surface area contributed by atoms with E-state index in [4.69, 9.17) is 0 Å². The minimum Gasteiger partial charge on any atom is -0.298 e. The molecule has 0 saturated heterocycles. The molecule has 2 spiro atoms. The van der Waals surface area contributed by atoms with Crippen LogP contribution in [-0.2, 0) is 4.79 Å².